The second kappa shape index (κ2) is 8.42. The quantitative estimate of drug-likeness (QED) is 0.457. The number of rotatable bonds is 5. The minimum atomic E-state index is -0.0870. The summed E-state index contributed by atoms with van der Waals surface area (Å²) in [7, 11) is 0. The van der Waals surface area contributed by atoms with Crippen molar-refractivity contribution in [2.24, 2.45) is 52.3 Å². The van der Waals surface area contributed by atoms with Crippen molar-refractivity contribution in [2.75, 3.05) is 0 Å². The Hall–Kier alpha value is -0.560. The van der Waals surface area contributed by atoms with E-state index in [2.05, 4.69) is 59.8 Å². The van der Waals surface area contributed by atoms with Crippen molar-refractivity contribution in [3.05, 3.63) is 23.8 Å². The van der Waals surface area contributed by atoms with Crippen LogP contribution in [-0.2, 0) is 0 Å². The second-order valence-electron chi connectivity index (χ2n) is 12.4. The highest BCUT2D eigenvalue weighted by molar-refractivity contribution is 5.25. The van der Waals surface area contributed by atoms with Gasteiger partial charge in [0.05, 0.1) is 6.10 Å². The highest BCUT2D eigenvalue weighted by Gasteiger charge is 2.58. The van der Waals surface area contributed by atoms with Crippen LogP contribution in [0.15, 0.2) is 23.8 Å². The van der Waals surface area contributed by atoms with Crippen molar-refractivity contribution in [3.8, 4) is 0 Å². The lowest BCUT2D eigenvalue weighted by molar-refractivity contribution is -0.0540. The van der Waals surface area contributed by atoms with Gasteiger partial charge in [-0.25, -0.2) is 0 Å². The number of allylic oxidation sites excluding steroid dienone is 3. The highest BCUT2D eigenvalue weighted by atomic mass is 16.3. The average molecular weight is 413 g/mol. The number of aliphatic hydroxyl groups is 1. The van der Waals surface area contributed by atoms with Crippen LogP contribution in [0.3, 0.4) is 0 Å². The van der Waals surface area contributed by atoms with E-state index < -0.39 is 0 Å². The Kier molecular flexibility index (Phi) is 6.35. The fourth-order valence-corrected chi connectivity index (χ4v) is 8.83. The summed E-state index contributed by atoms with van der Waals surface area (Å²) in [5.74, 6) is 5.70. The van der Waals surface area contributed by atoms with E-state index in [1.165, 1.54) is 44.9 Å². The molecule has 30 heavy (non-hydrogen) atoms. The zero-order valence-corrected chi connectivity index (χ0v) is 20.7. The molecule has 0 aromatic carbocycles. The van der Waals surface area contributed by atoms with E-state index in [0.29, 0.717) is 16.7 Å². The Morgan fingerprint density at radius 3 is 2.50 bits per heavy atom. The van der Waals surface area contributed by atoms with Crippen molar-refractivity contribution in [1.29, 1.82) is 0 Å². The third-order valence-electron chi connectivity index (χ3n) is 10.8. The molecule has 1 nitrogen and oxygen atoms in total. The molecule has 4 aliphatic carbocycles. The Morgan fingerprint density at radius 2 is 1.80 bits per heavy atom. The zero-order valence-electron chi connectivity index (χ0n) is 20.7. The molecule has 0 aromatic heterocycles. The van der Waals surface area contributed by atoms with Crippen LogP contribution in [0.4, 0.5) is 0 Å². The molecule has 0 bridgehead atoms. The number of hydrogen-bond donors (Lipinski definition) is 1. The van der Waals surface area contributed by atoms with Crippen molar-refractivity contribution in [3.63, 3.8) is 0 Å². The van der Waals surface area contributed by atoms with Crippen molar-refractivity contribution in [2.45, 2.75) is 105 Å². The van der Waals surface area contributed by atoms with Crippen LogP contribution >= 0.6 is 0 Å². The normalized spacial score (nSPS) is 45.6. The van der Waals surface area contributed by atoms with E-state index in [4.69, 9.17) is 0 Å². The standard InChI is InChI=1S/C29H48O/c1-7-21(19(2)3)9-8-20(4)25-12-13-26-24-11-10-22-18-23(30)14-16-28(22,5)27(24)15-17-29(25,26)6/h8-10,19-21,23-27,30H,7,11-18H2,1-6H3/b9-8+/t20-,21?,23-,24?,25?,26?,27?,28+,29-/m1/s1. The number of aliphatic hydroxyl groups excluding tert-OH is 1. The van der Waals surface area contributed by atoms with Gasteiger partial charge in [0.25, 0.3) is 0 Å². The first-order valence-corrected chi connectivity index (χ1v) is 13.3. The van der Waals surface area contributed by atoms with E-state index >= 15 is 0 Å². The van der Waals surface area contributed by atoms with E-state index in [-0.39, 0.29) is 6.10 Å². The van der Waals surface area contributed by atoms with Gasteiger partial charge in [0.2, 0.25) is 0 Å². The third-order valence-corrected chi connectivity index (χ3v) is 10.8. The Balaban J connectivity index is 1.52. The summed E-state index contributed by atoms with van der Waals surface area (Å²) in [6.07, 6.45) is 19.1. The summed E-state index contributed by atoms with van der Waals surface area (Å²) in [6, 6.07) is 0. The van der Waals surface area contributed by atoms with Crippen LogP contribution in [-0.4, -0.2) is 11.2 Å². The third kappa shape index (κ3) is 3.66. The lowest BCUT2D eigenvalue weighted by Gasteiger charge is -2.58. The summed E-state index contributed by atoms with van der Waals surface area (Å²) in [5.41, 5.74) is 2.51. The molecule has 0 saturated heterocycles. The Labute approximate surface area is 186 Å². The average Bonchev–Trinajstić information content (AvgIpc) is 3.06. The van der Waals surface area contributed by atoms with Crippen LogP contribution in [0.2, 0.25) is 0 Å². The number of fused-ring (bicyclic) bond motifs is 5. The Morgan fingerprint density at radius 1 is 1.03 bits per heavy atom. The zero-order chi connectivity index (χ0) is 21.7. The van der Waals surface area contributed by atoms with Gasteiger partial charge in [-0.2, -0.15) is 0 Å². The second-order valence-corrected chi connectivity index (χ2v) is 12.4. The van der Waals surface area contributed by atoms with E-state index in [1.54, 1.807) is 5.57 Å². The van der Waals surface area contributed by atoms with E-state index in [0.717, 1.165) is 48.3 Å². The highest BCUT2D eigenvalue weighted by Crippen LogP contribution is 2.67. The van der Waals surface area contributed by atoms with Crippen molar-refractivity contribution < 1.29 is 5.11 Å². The molecule has 170 valence electrons. The van der Waals surface area contributed by atoms with Crippen LogP contribution in [0.1, 0.15) is 99.3 Å². The molecule has 3 saturated carbocycles. The van der Waals surface area contributed by atoms with Crippen molar-refractivity contribution in [1.82, 2.24) is 0 Å². The molecule has 4 rings (SSSR count). The minimum Gasteiger partial charge on any atom is -0.393 e. The molecule has 0 spiro atoms. The summed E-state index contributed by atoms with van der Waals surface area (Å²) >= 11 is 0. The van der Waals surface area contributed by atoms with Gasteiger partial charge < -0.3 is 5.11 Å². The fourth-order valence-electron chi connectivity index (χ4n) is 8.83. The van der Waals surface area contributed by atoms with Gasteiger partial charge in [0.1, 0.15) is 0 Å². The summed E-state index contributed by atoms with van der Waals surface area (Å²) in [4.78, 5) is 0. The van der Waals surface area contributed by atoms with E-state index in [9.17, 15) is 5.11 Å². The molecule has 0 heterocycles. The predicted octanol–water partition coefficient (Wildman–Crippen LogP) is 7.80. The maximum absolute atomic E-state index is 10.2. The monoisotopic (exact) mass is 412 g/mol. The maximum atomic E-state index is 10.2. The van der Waals surface area contributed by atoms with Gasteiger partial charge in [-0.05, 0) is 110 Å². The molecule has 4 aliphatic rings. The smallest absolute Gasteiger partial charge is 0.0577 e. The molecular formula is C29H48O. The van der Waals surface area contributed by atoms with Crippen LogP contribution in [0, 0.1) is 52.3 Å². The van der Waals surface area contributed by atoms with Crippen LogP contribution < -0.4 is 0 Å². The molecule has 1 N–H and O–H groups in total. The predicted molar refractivity (Wildman–Crippen MR) is 128 cm³/mol. The largest absolute Gasteiger partial charge is 0.393 e. The lowest BCUT2D eigenvalue weighted by atomic mass is 9.47. The van der Waals surface area contributed by atoms with Gasteiger partial charge in [-0.1, -0.05) is 65.3 Å². The maximum Gasteiger partial charge on any atom is 0.0577 e. The first-order valence-electron chi connectivity index (χ1n) is 13.3. The van der Waals surface area contributed by atoms with E-state index in [1.807, 2.05) is 0 Å². The van der Waals surface area contributed by atoms with Gasteiger partial charge >= 0.3 is 0 Å². The van der Waals surface area contributed by atoms with Gasteiger partial charge in [-0.3, -0.25) is 0 Å². The van der Waals surface area contributed by atoms with Crippen LogP contribution in [0.5, 0.6) is 0 Å². The fraction of sp³-hybridized carbons (Fsp3) is 0.862. The van der Waals surface area contributed by atoms with Crippen molar-refractivity contribution >= 4 is 0 Å². The molecule has 1 heteroatoms. The summed E-state index contributed by atoms with van der Waals surface area (Å²) in [5, 5.41) is 10.2. The van der Waals surface area contributed by atoms with Gasteiger partial charge in [0, 0.05) is 0 Å². The summed E-state index contributed by atoms with van der Waals surface area (Å²) < 4.78 is 0. The molecule has 9 atom stereocenters. The molecule has 3 fully saturated rings. The van der Waals surface area contributed by atoms with Crippen LogP contribution in [0.25, 0.3) is 0 Å². The molecular weight excluding hydrogens is 364 g/mol. The van der Waals surface area contributed by atoms with Gasteiger partial charge in [0.15, 0.2) is 0 Å². The molecule has 0 radical (unpaired) electrons. The molecule has 0 aliphatic heterocycles. The minimum absolute atomic E-state index is 0.0870. The molecule has 0 amide bonds. The molecule has 0 aromatic rings. The number of hydrogen-bond acceptors (Lipinski definition) is 1. The summed E-state index contributed by atoms with van der Waals surface area (Å²) in [6.45, 7) is 14.8. The SMILES string of the molecule is CCC(/C=C/[C@@H](C)C1CCC2C3CC=C4C[C@H](O)CC[C@]4(C)C3CC[C@@]21C)C(C)C. The first-order chi connectivity index (χ1) is 14.2. The van der Waals surface area contributed by atoms with Gasteiger partial charge in [-0.15, -0.1) is 0 Å². The lowest BCUT2D eigenvalue weighted by Crippen LogP contribution is -2.50. The topological polar surface area (TPSA) is 20.2 Å². The Bertz CT molecular complexity index is 674. The first kappa shape index (κ1) is 22.6. The molecule has 5 unspecified atom stereocenters.